The average molecular weight is 589 g/mol. The van der Waals surface area contributed by atoms with Gasteiger partial charge in [-0.1, -0.05) is 44.2 Å². The number of nitrogens with zero attached hydrogens (tertiary/aromatic N) is 2. The lowest BCUT2D eigenvalue weighted by atomic mass is 9.81. The molecule has 1 aliphatic carbocycles. The Bertz CT molecular complexity index is 1020. The van der Waals surface area contributed by atoms with Gasteiger partial charge in [0.15, 0.2) is 22.1 Å². The van der Waals surface area contributed by atoms with Crippen molar-refractivity contribution in [3.8, 4) is 11.5 Å². The number of rotatable bonds is 10. The largest absolute Gasteiger partial charge is 0.490 e. The van der Waals surface area contributed by atoms with Crippen LogP contribution < -0.4 is 14.9 Å². The van der Waals surface area contributed by atoms with E-state index in [0.29, 0.717) is 33.6 Å². The highest BCUT2D eigenvalue weighted by Crippen LogP contribution is 2.37. The van der Waals surface area contributed by atoms with Crippen LogP contribution in [-0.2, 0) is 10.3 Å². The number of halogens is 2. The summed E-state index contributed by atoms with van der Waals surface area (Å²) in [5.41, 5.74) is -0.695. The van der Waals surface area contributed by atoms with Crippen molar-refractivity contribution in [3.63, 3.8) is 0 Å². The summed E-state index contributed by atoms with van der Waals surface area (Å²) in [7, 11) is 0. The molecule has 0 aromatic carbocycles. The highest BCUT2D eigenvalue weighted by Gasteiger charge is 2.35. The van der Waals surface area contributed by atoms with Gasteiger partial charge < -0.3 is 18.8 Å². The van der Waals surface area contributed by atoms with Crippen LogP contribution in [0.1, 0.15) is 69.2 Å². The van der Waals surface area contributed by atoms with Gasteiger partial charge in [-0.15, -0.1) is 0 Å². The predicted molar refractivity (Wildman–Crippen MR) is 136 cm³/mol. The van der Waals surface area contributed by atoms with Crippen LogP contribution in [0.5, 0.6) is 11.5 Å². The maximum atomic E-state index is 12.3. The molecule has 2 aromatic heterocycles. The van der Waals surface area contributed by atoms with E-state index < -0.39 is 5.97 Å². The van der Waals surface area contributed by atoms with E-state index in [4.69, 9.17) is 25.8 Å². The molecule has 1 saturated carbocycles. The number of aromatic nitrogens is 2. The van der Waals surface area contributed by atoms with Gasteiger partial charge in [-0.25, -0.2) is 9.78 Å². The second-order valence-electron chi connectivity index (χ2n) is 8.19. The Balaban J connectivity index is 1.88. The van der Waals surface area contributed by atoms with Gasteiger partial charge in [-0.2, -0.15) is 0 Å². The molecule has 0 atom stereocenters. The van der Waals surface area contributed by atoms with Crippen LogP contribution in [0.15, 0.2) is 29.3 Å². The van der Waals surface area contributed by atoms with E-state index in [1.165, 1.54) is 6.07 Å². The van der Waals surface area contributed by atoms with Crippen LogP contribution in [-0.4, -0.2) is 35.3 Å². The fourth-order valence-electron chi connectivity index (χ4n) is 4.00. The number of carbonyl (C=O) groups is 1. The van der Waals surface area contributed by atoms with Gasteiger partial charge in [-0.05, 0) is 48.8 Å². The Kier molecular flexibility index (Phi) is 9.43. The SMILES string of the molecule is CCCCOc1cc(OCC2(n3ccc(=O)c(C(=O)OCC)c3)CCCCC2)c(I)nc1Cl. The highest BCUT2D eigenvalue weighted by atomic mass is 127. The number of ether oxygens (including phenoxy) is 3. The molecule has 0 aliphatic heterocycles. The lowest BCUT2D eigenvalue weighted by molar-refractivity contribution is 0.0520. The second-order valence-corrected chi connectivity index (χ2v) is 9.57. The molecule has 33 heavy (non-hydrogen) atoms. The topological polar surface area (TPSA) is 79.7 Å². The maximum Gasteiger partial charge on any atom is 0.343 e. The van der Waals surface area contributed by atoms with E-state index in [-0.39, 0.29) is 23.1 Å². The molecule has 0 N–H and O–H groups in total. The van der Waals surface area contributed by atoms with E-state index in [9.17, 15) is 9.59 Å². The normalized spacial score (nSPS) is 15.2. The van der Waals surface area contributed by atoms with Crippen molar-refractivity contribution in [2.24, 2.45) is 0 Å². The van der Waals surface area contributed by atoms with Crippen molar-refractivity contribution in [1.29, 1.82) is 0 Å². The van der Waals surface area contributed by atoms with E-state index in [0.717, 1.165) is 44.9 Å². The fourth-order valence-corrected chi connectivity index (χ4v) is 4.89. The van der Waals surface area contributed by atoms with Crippen LogP contribution in [0.3, 0.4) is 0 Å². The molecule has 0 spiro atoms. The highest BCUT2D eigenvalue weighted by molar-refractivity contribution is 14.1. The monoisotopic (exact) mass is 588 g/mol. The van der Waals surface area contributed by atoms with Gasteiger partial charge in [0.25, 0.3) is 0 Å². The quantitative estimate of drug-likeness (QED) is 0.156. The first kappa shape index (κ1) is 25.8. The summed E-state index contributed by atoms with van der Waals surface area (Å²) in [4.78, 5) is 29.0. The molecule has 7 nitrogen and oxygen atoms in total. The van der Waals surface area contributed by atoms with Crippen molar-refractivity contribution in [1.82, 2.24) is 9.55 Å². The second kappa shape index (κ2) is 12.1. The van der Waals surface area contributed by atoms with Gasteiger partial charge in [0.2, 0.25) is 0 Å². The zero-order valence-electron chi connectivity index (χ0n) is 19.1. The Hall–Kier alpha value is -1.81. The summed E-state index contributed by atoms with van der Waals surface area (Å²) >= 11 is 8.37. The Morgan fingerprint density at radius 1 is 1.21 bits per heavy atom. The smallest absolute Gasteiger partial charge is 0.343 e. The van der Waals surface area contributed by atoms with Gasteiger partial charge >= 0.3 is 5.97 Å². The van der Waals surface area contributed by atoms with Crippen LogP contribution in [0, 0.1) is 3.70 Å². The number of hydrogen-bond acceptors (Lipinski definition) is 6. The predicted octanol–water partition coefficient (Wildman–Crippen LogP) is 5.60. The Morgan fingerprint density at radius 2 is 1.97 bits per heavy atom. The van der Waals surface area contributed by atoms with Crippen molar-refractivity contribution in [3.05, 3.63) is 49.2 Å². The molecule has 2 heterocycles. The molecule has 0 saturated heterocycles. The van der Waals surface area contributed by atoms with Crippen molar-refractivity contribution >= 4 is 40.2 Å². The van der Waals surface area contributed by atoms with Gasteiger partial charge in [0, 0.05) is 24.5 Å². The number of pyridine rings is 2. The summed E-state index contributed by atoms with van der Waals surface area (Å²) in [6, 6.07) is 3.22. The van der Waals surface area contributed by atoms with E-state index in [1.807, 2.05) is 4.57 Å². The number of hydrogen-bond donors (Lipinski definition) is 0. The molecule has 1 fully saturated rings. The molecular formula is C24H30ClIN2O5. The van der Waals surface area contributed by atoms with E-state index in [2.05, 4.69) is 34.5 Å². The minimum absolute atomic E-state index is 0.0404. The fraction of sp³-hybridized carbons (Fsp3) is 0.542. The molecule has 3 rings (SSSR count). The minimum atomic E-state index is -0.603. The summed E-state index contributed by atoms with van der Waals surface area (Å²) in [6.45, 7) is 4.96. The molecule has 180 valence electrons. The van der Waals surface area contributed by atoms with Crippen LogP contribution in [0.2, 0.25) is 5.15 Å². The van der Waals surface area contributed by atoms with Gasteiger partial charge in [-0.3, -0.25) is 4.79 Å². The number of unbranched alkanes of at least 4 members (excludes halogenated alkanes) is 1. The Morgan fingerprint density at radius 3 is 2.67 bits per heavy atom. The lowest BCUT2D eigenvalue weighted by Gasteiger charge is -2.39. The first-order chi connectivity index (χ1) is 15.9. The van der Waals surface area contributed by atoms with Crippen LogP contribution in [0.4, 0.5) is 0 Å². The van der Waals surface area contributed by atoms with Gasteiger partial charge in [0.1, 0.15) is 15.9 Å². The summed E-state index contributed by atoms with van der Waals surface area (Å²) in [5.74, 6) is 0.503. The summed E-state index contributed by atoms with van der Waals surface area (Å²) in [5, 5.41) is 0.315. The standard InChI is InChI=1S/C24H30ClIN2O5/c1-3-5-13-32-19-14-20(22(26)27-21(19)25)33-16-24(10-7-6-8-11-24)28-12-9-18(29)17(15-28)23(30)31-4-2/h9,12,14-15H,3-8,10-11,13,16H2,1-2H3. The number of esters is 1. The first-order valence-electron chi connectivity index (χ1n) is 11.4. The van der Waals surface area contributed by atoms with Crippen molar-refractivity contribution in [2.75, 3.05) is 19.8 Å². The zero-order valence-corrected chi connectivity index (χ0v) is 22.0. The maximum absolute atomic E-state index is 12.3. The molecule has 0 bridgehead atoms. The van der Waals surface area contributed by atoms with Gasteiger partial charge in [0.05, 0.1) is 18.8 Å². The molecule has 0 radical (unpaired) electrons. The molecule has 9 heteroatoms. The third kappa shape index (κ3) is 6.41. The molecular weight excluding hydrogens is 559 g/mol. The number of carbonyl (C=O) groups excluding carboxylic acids is 1. The van der Waals surface area contributed by atoms with Crippen LogP contribution >= 0.6 is 34.2 Å². The summed E-state index contributed by atoms with van der Waals surface area (Å²) < 4.78 is 19.8. The van der Waals surface area contributed by atoms with Crippen molar-refractivity contribution in [2.45, 2.75) is 64.3 Å². The van der Waals surface area contributed by atoms with E-state index in [1.54, 1.807) is 25.4 Å². The molecule has 1 aliphatic rings. The third-order valence-electron chi connectivity index (χ3n) is 5.86. The zero-order chi connectivity index (χ0) is 23.8. The Labute approximate surface area is 212 Å². The lowest BCUT2D eigenvalue weighted by Crippen LogP contribution is -2.42. The molecule has 2 aromatic rings. The molecule has 0 amide bonds. The third-order valence-corrected chi connectivity index (χ3v) is 6.91. The van der Waals surface area contributed by atoms with E-state index >= 15 is 0 Å². The van der Waals surface area contributed by atoms with Crippen molar-refractivity contribution < 1.29 is 19.0 Å². The van der Waals surface area contributed by atoms with Crippen LogP contribution in [0.25, 0.3) is 0 Å². The minimum Gasteiger partial charge on any atom is -0.490 e. The first-order valence-corrected chi connectivity index (χ1v) is 12.9. The average Bonchev–Trinajstić information content (AvgIpc) is 2.81. The summed E-state index contributed by atoms with van der Waals surface area (Å²) in [6.07, 6.45) is 10.2. The molecule has 0 unspecified atom stereocenters.